The quantitative estimate of drug-likeness (QED) is 0.314. The first-order valence-electron chi connectivity index (χ1n) is 9.49. The number of thiophene rings is 1. The summed E-state index contributed by atoms with van der Waals surface area (Å²) in [6, 6.07) is 4.31. The third-order valence-electron chi connectivity index (χ3n) is 4.77. The molecule has 7 heteroatoms. The summed E-state index contributed by atoms with van der Waals surface area (Å²) in [5.74, 6) is 2.16. The normalized spacial score (nSPS) is 17.6. The fraction of sp³-hybridized carbons (Fsp3) is 0.737. The summed E-state index contributed by atoms with van der Waals surface area (Å²) in [5.41, 5.74) is 0. The molecular formula is C19H35IN4OS. The number of halogens is 1. The van der Waals surface area contributed by atoms with E-state index in [1.54, 1.807) is 7.11 Å². The van der Waals surface area contributed by atoms with Gasteiger partial charge in [-0.3, -0.25) is 4.99 Å². The molecule has 2 rings (SSSR count). The van der Waals surface area contributed by atoms with Gasteiger partial charge in [0.05, 0.1) is 13.2 Å². The standard InChI is InChI=1S/C19H34N4OS.HI/c1-4-20-19(21-14-16(2)18-6-5-13-25-18)22-15-17-7-9-23(10-8-17)11-12-24-3;/h5-6,13,16-17H,4,7-12,14-15H2,1-3H3,(H2,20,21,22);1H. The van der Waals surface area contributed by atoms with E-state index in [0.717, 1.165) is 44.7 Å². The average Bonchev–Trinajstić information content (AvgIpc) is 3.17. The summed E-state index contributed by atoms with van der Waals surface area (Å²) in [6.45, 7) is 11.3. The van der Waals surface area contributed by atoms with Gasteiger partial charge in [-0.1, -0.05) is 13.0 Å². The third kappa shape index (κ3) is 8.54. The molecule has 0 bridgehead atoms. The lowest BCUT2D eigenvalue weighted by atomic mass is 9.97. The fourth-order valence-corrected chi connectivity index (χ4v) is 3.89. The molecule has 1 unspecified atom stereocenters. The van der Waals surface area contributed by atoms with E-state index in [4.69, 9.17) is 9.73 Å². The number of guanidine groups is 1. The number of hydrogen-bond acceptors (Lipinski definition) is 4. The van der Waals surface area contributed by atoms with Gasteiger partial charge in [0, 0.05) is 37.5 Å². The Balaban J connectivity index is 0.00000338. The van der Waals surface area contributed by atoms with Gasteiger partial charge in [-0.25, -0.2) is 0 Å². The Hall–Kier alpha value is -0.380. The SMILES string of the molecule is CCNC(=NCC(C)c1cccs1)NCC1CCN(CCOC)CC1.I. The molecule has 0 aromatic carbocycles. The summed E-state index contributed by atoms with van der Waals surface area (Å²) in [7, 11) is 1.78. The van der Waals surface area contributed by atoms with Gasteiger partial charge in [0.1, 0.15) is 0 Å². The zero-order valence-electron chi connectivity index (χ0n) is 16.4. The number of nitrogens with zero attached hydrogens (tertiary/aromatic N) is 2. The van der Waals surface area contributed by atoms with Gasteiger partial charge in [-0.2, -0.15) is 0 Å². The minimum Gasteiger partial charge on any atom is -0.383 e. The highest BCUT2D eigenvalue weighted by molar-refractivity contribution is 14.0. The molecule has 2 heterocycles. The largest absolute Gasteiger partial charge is 0.383 e. The topological polar surface area (TPSA) is 48.9 Å². The average molecular weight is 494 g/mol. The molecule has 1 atom stereocenters. The van der Waals surface area contributed by atoms with Crippen molar-refractivity contribution in [2.45, 2.75) is 32.6 Å². The second kappa shape index (κ2) is 13.7. The first kappa shape index (κ1) is 23.7. The lowest BCUT2D eigenvalue weighted by Gasteiger charge is -2.32. The second-order valence-corrected chi connectivity index (χ2v) is 7.77. The summed E-state index contributed by atoms with van der Waals surface area (Å²) >= 11 is 1.81. The Kier molecular flexibility index (Phi) is 12.5. The Morgan fingerprint density at radius 2 is 2.15 bits per heavy atom. The third-order valence-corrected chi connectivity index (χ3v) is 5.88. The van der Waals surface area contributed by atoms with Crippen LogP contribution in [0, 0.1) is 5.92 Å². The maximum Gasteiger partial charge on any atom is 0.191 e. The van der Waals surface area contributed by atoms with Crippen LogP contribution < -0.4 is 10.6 Å². The van der Waals surface area contributed by atoms with Gasteiger partial charge in [0.2, 0.25) is 0 Å². The van der Waals surface area contributed by atoms with E-state index in [1.807, 2.05) is 11.3 Å². The van der Waals surface area contributed by atoms with Crippen molar-refractivity contribution in [1.29, 1.82) is 0 Å². The molecule has 0 amide bonds. The summed E-state index contributed by atoms with van der Waals surface area (Å²) in [5, 5.41) is 9.06. The van der Waals surface area contributed by atoms with Gasteiger partial charge in [0.15, 0.2) is 5.96 Å². The molecule has 2 N–H and O–H groups in total. The monoisotopic (exact) mass is 494 g/mol. The van der Waals surface area contributed by atoms with Gasteiger partial charge in [-0.15, -0.1) is 35.3 Å². The van der Waals surface area contributed by atoms with Gasteiger partial charge in [-0.05, 0) is 50.2 Å². The molecule has 0 saturated carbocycles. The number of nitrogens with one attached hydrogen (secondary N) is 2. The highest BCUT2D eigenvalue weighted by Gasteiger charge is 2.19. The highest BCUT2D eigenvalue weighted by Crippen LogP contribution is 2.20. The first-order valence-corrected chi connectivity index (χ1v) is 10.4. The van der Waals surface area contributed by atoms with Crippen molar-refractivity contribution in [2.75, 3.05) is 53.0 Å². The Morgan fingerprint density at radius 3 is 2.77 bits per heavy atom. The molecule has 1 aliphatic rings. The predicted octanol–water partition coefficient (Wildman–Crippen LogP) is 3.38. The van der Waals surface area contributed by atoms with Crippen LogP contribution in [0.5, 0.6) is 0 Å². The number of rotatable bonds is 9. The number of methoxy groups -OCH3 is 1. The van der Waals surface area contributed by atoms with Crippen molar-refractivity contribution in [3.8, 4) is 0 Å². The number of hydrogen-bond donors (Lipinski definition) is 2. The Bertz CT molecular complexity index is 490. The van der Waals surface area contributed by atoms with Crippen LogP contribution in [-0.2, 0) is 4.74 Å². The molecule has 0 radical (unpaired) electrons. The maximum atomic E-state index is 5.17. The number of piperidine rings is 1. The minimum absolute atomic E-state index is 0. The summed E-state index contributed by atoms with van der Waals surface area (Å²) in [6.07, 6.45) is 2.50. The zero-order valence-corrected chi connectivity index (χ0v) is 19.5. The molecule has 1 saturated heterocycles. The van der Waals surface area contributed by atoms with Crippen molar-refractivity contribution >= 4 is 41.3 Å². The Morgan fingerprint density at radius 1 is 1.38 bits per heavy atom. The van der Waals surface area contributed by atoms with Crippen molar-refractivity contribution in [3.63, 3.8) is 0 Å². The molecule has 1 fully saturated rings. The Labute approximate surface area is 180 Å². The summed E-state index contributed by atoms with van der Waals surface area (Å²) in [4.78, 5) is 8.69. The van der Waals surface area contributed by atoms with Crippen molar-refractivity contribution in [3.05, 3.63) is 22.4 Å². The molecule has 150 valence electrons. The fourth-order valence-electron chi connectivity index (χ4n) is 3.11. The van der Waals surface area contributed by atoms with Crippen LogP contribution in [0.15, 0.2) is 22.5 Å². The zero-order chi connectivity index (χ0) is 17.9. The molecule has 0 aliphatic carbocycles. The molecule has 1 aliphatic heterocycles. The van der Waals surface area contributed by atoms with Crippen LogP contribution in [0.2, 0.25) is 0 Å². The van der Waals surface area contributed by atoms with Crippen molar-refractivity contribution < 1.29 is 4.74 Å². The van der Waals surface area contributed by atoms with E-state index in [-0.39, 0.29) is 24.0 Å². The minimum atomic E-state index is 0. The number of aliphatic imine (C=N–C) groups is 1. The molecular weight excluding hydrogens is 459 g/mol. The lowest BCUT2D eigenvalue weighted by molar-refractivity contribution is 0.121. The first-order chi connectivity index (χ1) is 12.2. The van der Waals surface area contributed by atoms with Crippen LogP contribution in [0.4, 0.5) is 0 Å². The summed E-state index contributed by atoms with van der Waals surface area (Å²) < 4.78 is 5.17. The molecule has 5 nitrogen and oxygen atoms in total. The molecule has 1 aromatic heterocycles. The van der Waals surface area contributed by atoms with Crippen LogP contribution in [0.25, 0.3) is 0 Å². The van der Waals surface area contributed by atoms with Crippen LogP contribution >= 0.6 is 35.3 Å². The van der Waals surface area contributed by atoms with Crippen LogP contribution in [-0.4, -0.2) is 63.8 Å². The lowest BCUT2D eigenvalue weighted by Crippen LogP contribution is -2.43. The van der Waals surface area contributed by atoms with Crippen molar-refractivity contribution in [1.82, 2.24) is 15.5 Å². The van der Waals surface area contributed by atoms with Gasteiger partial charge < -0.3 is 20.3 Å². The van der Waals surface area contributed by atoms with E-state index >= 15 is 0 Å². The molecule has 26 heavy (non-hydrogen) atoms. The smallest absolute Gasteiger partial charge is 0.191 e. The van der Waals surface area contributed by atoms with E-state index < -0.39 is 0 Å². The van der Waals surface area contributed by atoms with Gasteiger partial charge >= 0.3 is 0 Å². The van der Waals surface area contributed by atoms with E-state index in [1.165, 1.54) is 30.8 Å². The van der Waals surface area contributed by atoms with E-state index in [0.29, 0.717) is 5.92 Å². The van der Waals surface area contributed by atoms with Crippen LogP contribution in [0.3, 0.4) is 0 Å². The van der Waals surface area contributed by atoms with E-state index in [9.17, 15) is 0 Å². The predicted molar refractivity (Wildman–Crippen MR) is 123 cm³/mol. The highest BCUT2D eigenvalue weighted by atomic mass is 127. The van der Waals surface area contributed by atoms with Crippen LogP contribution in [0.1, 0.15) is 37.5 Å². The maximum absolute atomic E-state index is 5.17. The molecule has 1 aromatic rings. The van der Waals surface area contributed by atoms with Gasteiger partial charge in [0.25, 0.3) is 0 Å². The molecule has 0 spiro atoms. The second-order valence-electron chi connectivity index (χ2n) is 6.79. The number of likely N-dealkylation sites (tertiary alicyclic amines) is 1. The van der Waals surface area contributed by atoms with E-state index in [2.05, 4.69) is 46.9 Å². The van der Waals surface area contributed by atoms with Crippen molar-refractivity contribution in [2.24, 2.45) is 10.9 Å². The number of ether oxygens (including phenoxy) is 1.